The summed E-state index contributed by atoms with van der Waals surface area (Å²) < 4.78 is 0. The number of amides is 1. The Hall–Kier alpha value is -1.17. The topological polar surface area (TPSA) is 48.5 Å². The molecule has 1 N–H and O–H groups in total. The van der Waals surface area contributed by atoms with E-state index in [1.165, 1.54) is 5.56 Å². The number of piperazine rings is 1. The number of nitrogens with zero attached hydrogens (tertiary/aromatic N) is 3. The van der Waals surface area contributed by atoms with Crippen molar-refractivity contribution in [2.24, 2.45) is 5.92 Å². The van der Waals surface area contributed by atoms with Crippen molar-refractivity contribution >= 4 is 18.3 Å². The van der Waals surface area contributed by atoms with Crippen molar-refractivity contribution in [3.8, 4) is 0 Å². The van der Waals surface area contributed by atoms with Crippen LogP contribution in [0.2, 0.25) is 0 Å². The van der Waals surface area contributed by atoms with Gasteiger partial charge in [-0.15, -0.1) is 12.4 Å². The number of rotatable bonds is 3. The molecular weight excluding hydrogens is 312 g/mol. The SMILES string of the molecule is C[C@H]1C[C@@H](C(=O)N2CCN(Cc3cccnc3)CC2)CCN1.Cl. The van der Waals surface area contributed by atoms with Crippen LogP contribution in [0.4, 0.5) is 0 Å². The van der Waals surface area contributed by atoms with Crippen LogP contribution in [0, 0.1) is 5.92 Å². The van der Waals surface area contributed by atoms with Crippen LogP contribution in [0.5, 0.6) is 0 Å². The Morgan fingerprint density at radius 3 is 2.78 bits per heavy atom. The monoisotopic (exact) mass is 338 g/mol. The number of aromatic nitrogens is 1. The minimum absolute atomic E-state index is 0. The summed E-state index contributed by atoms with van der Waals surface area (Å²) in [6, 6.07) is 4.56. The van der Waals surface area contributed by atoms with E-state index in [9.17, 15) is 4.79 Å². The summed E-state index contributed by atoms with van der Waals surface area (Å²) >= 11 is 0. The lowest BCUT2D eigenvalue weighted by Gasteiger charge is -2.38. The molecule has 1 aromatic heterocycles. The molecule has 0 unspecified atom stereocenters. The number of carbonyl (C=O) groups excluding carboxylic acids is 1. The molecule has 1 aromatic rings. The summed E-state index contributed by atoms with van der Waals surface area (Å²) in [5, 5.41) is 3.42. The molecule has 0 bridgehead atoms. The van der Waals surface area contributed by atoms with Gasteiger partial charge in [-0.25, -0.2) is 0 Å². The van der Waals surface area contributed by atoms with Crippen molar-refractivity contribution in [2.45, 2.75) is 32.4 Å². The van der Waals surface area contributed by atoms with Gasteiger partial charge in [0.05, 0.1) is 0 Å². The first-order valence-electron chi connectivity index (χ1n) is 8.36. The summed E-state index contributed by atoms with van der Waals surface area (Å²) in [5.74, 6) is 0.593. The van der Waals surface area contributed by atoms with Gasteiger partial charge in [0.15, 0.2) is 0 Å². The maximum Gasteiger partial charge on any atom is 0.225 e. The van der Waals surface area contributed by atoms with Crippen molar-refractivity contribution in [3.63, 3.8) is 0 Å². The first-order valence-corrected chi connectivity index (χ1v) is 8.36. The Kier molecular flexibility index (Phi) is 6.81. The van der Waals surface area contributed by atoms with Gasteiger partial charge in [0.25, 0.3) is 0 Å². The van der Waals surface area contributed by atoms with Crippen molar-refractivity contribution in [3.05, 3.63) is 30.1 Å². The molecular formula is C17H27ClN4O. The highest BCUT2D eigenvalue weighted by molar-refractivity contribution is 5.85. The molecule has 0 saturated carbocycles. The van der Waals surface area contributed by atoms with E-state index in [0.29, 0.717) is 11.9 Å². The summed E-state index contributed by atoms with van der Waals surface area (Å²) in [5.41, 5.74) is 1.24. The first-order chi connectivity index (χ1) is 10.7. The molecule has 2 atom stereocenters. The van der Waals surface area contributed by atoms with Gasteiger partial charge in [-0.3, -0.25) is 14.7 Å². The Balaban J connectivity index is 0.00000192. The lowest BCUT2D eigenvalue weighted by atomic mass is 9.92. The Labute approximate surface area is 144 Å². The Morgan fingerprint density at radius 2 is 2.13 bits per heavy atom. The third-order valence-corrected chi connectivity index (χ3v) is 4.79. The zero-order valence-electron chi connectivity index (χ0n) is 13.8. The van der Waals surface area contributed by atoms with E-state index in [-0.39, 0.29) is 18.3 Å². The van der Waals surface area contributed by atoms with Crippen molar-refractivity contribution < 1.29 is 4.79 Å². The fraction of sp³-hybridized carbons (Fsp3) is 0.647. The highest BCUT2D eigenvalue weighted by Crippen LogP contribution is 2.20. The van der Waals surface area contributed by atoms with Crippen LogP contribution in [0.15, 0.2) is 24.5 Å². The molecule has 0 radical (unpaired) electrons. The van der Waals surface area contributed by atoms with Crippen molar-refractivity contribution in [1.29, 1.82) is 0 Å². The molecule has 3 rings (SSSR count). The van der Waals surface area contributed by atoms with Crippen LogP contribution in [-0.2, 0) is 11.3 Å². The van der Waals surface area contributed by atoms with E-state index in [2.05, 4.69) is 33.1 Å². The largest absolute Gasteiger partial charge is 0.340 e. The Bertz CT molecular complexity index is 491. The van der Waals surface area contributed by atoms with Gasteiger partial charge >= 0.3 is 0 Å². The second-order valence-corrected chi connectivity index (χ2v) is 6.54. The van der Waals surface area contributed by atoms with Gasteiger partial charge in [-0.2, -0.15) is 0 Å². The zero-order chi connectivity index (χ0) is 15.4. The number of nitrogens with one attached hydrogen (secondary N) is 1. The van der Waals surface area contributed by atoms with Crippen LogP contribution >= 0.6 is 12.4 Å². The normalized spacial score (nSPS) is 25.7. The molecule has 6 heteroatoms. The van der Waals surface area contributed by atoms with Crippen LogP contribution in [0.25, 0.3) is 0 Å². The third kappa shape index (κ3) is 4.90. The molecule has 2 saturated heterocycles. The number of halogens is 1. The number of pyridine rings is 1. The Morgan fingerprint density at radius 1 is 1.35 bits per heavy atom. The highest BCUT2D eigenvalue weighted by Gasteiger charge is 2.30. The van der Waals surface area contributed by atoms with E-state index >= 15 is 0 Å². The van der Waals surface area contributed by atoms with Gasteiger partial charge in [0.2, 0.25) is 5.91 Å². The van der Waals surface area contributed by atoms with Gasteiger partial charge < -0.3 is 10.2 Å². The lowest BCUT2D eigenvalue weighted by Crippen LogP contribution is -2.51. The predicted molar refractivity (Wildman–Crippen MR) is 93.5 cm³/mol. The molecule has 0 spiro atoms. The average Bonchev–Trinajstić information content (AvgIpc) is 2.56. The average molecular weight is 339 g/mol. The standard InChI is InChI=1S/C17H26N4O.ClH/c1-14-11-16(4-6-19-14)17(22)21-9-7-20(8-10-21)13-15-3-2-5-18-12-15;/h2-3,5,12,14,16,19H,4,6-11,13H2,1H3;1H/t14-,16-;/m0./s1. The van der Waals surface area contributed by atoms with Crippen LogP contribution in [-0.4, -0.2) is 59.5 Å². The van der Waals surface area contributed by atoms with E-state index in [4.69, 9.17) is 0 Å². The minimum atomic E-state index is 0. The van der Waals surface area contributed by atoms with Crippen LogP contribution < -0.4 is 5.32 Å². The quantitative estimate of drug-likeness (QED) is 0.908. The summed E-state index contributed by atoms with van der Waals surface area (Å²) in [6.07, 6.45) is 5.70. The fourth-order valence-electron chi connectivity index (χ4n) is 3.49. The summed E-state index contributed by atoms with van der Waals surface area (Å²) in [4.78, 5) is 21.3. The minimum Gasteiger partial charge on any atom is -0.340 e. The molecule has 23 heavy (non-hydrogen) atoms. The molecule has 2 fully saturated rings. The highest BCUT2D eigenvalue weighted by atomic mass is 35.5. The fourth-order valence-corrected chi connectivity index (χ4v) is 3.49. The number of hydrogen-bond donors (Lipinski definition) is 1. The second-order valence-electron chi connectivity index (χ2n) is 6.54. The molecule has 3 heterocycles. The van der Waals surface area contributed by atoms with Crippen molar-refractivity contribution in [1.82, 2.24) is 20.1 Å². The second kappa shape index (κ2) is 8.62. The van der Waals surface area contributed by atoms with E-state index in [1.807, 2.05) is 12.3 Å². The molecule has 2 aliphatic heterocycles. The van der Waals surface area contributed by atoms with E-state index in [1.54, 1.807) is 6.20 Å². The van der Waals surface area contributed by atoms with Gasteiger partial charge in [-0.05, 0) is 37.9 Å². The van der Waals surface area contributed by atoms with Crippen LogP contribution in [0.1, 0.15) is 25.3 Å². The third-order valence-electron chi connectivity index (χ3n) is 4.79. The van der Waals surface area contributed by atoms with Gasteiger partial charge in [0.1, 0.15) is 0 Å². The smallest absolute Gasteiger partial charge is 0.225 e. The molecule has 1 amide bonds. The lowest BCUT2D eigenvalue weighted by molar-refractivity contribution is -0.138. The van der Waals surface area contributed by atoms with Gasteiger partial charge in [0, 0.05) is 57.1 Å². The first kappa shape index (κ1) is 18.2. The van der Waals surface area contributed by atoms with Crippen LogP contribution in [0.3, 0.4) is 0 Å². The molecule has 5 nitrogen and oxygen atoms in total. The maximum absolute atomic E-state index is 12.6. The number of carbonyl (C=O) groups is 1. The van der Waals surface area contributed by atoms with Crippen molar-refractivity contribution in [2.75, 3.05) is 32.7 Å². The maximum atomic E-state index is 12.6. The van der Waals surface area contributed by atoms with E-state index < -0.39 is 0 Å². The number of hydrogen-bond acceptors (Lipinski definition) is 4. The molecule has 0 aromatic carbocycles. The summed E-state index contributed by atoms with van der Waals surface area (Å²) in [6.45, 7) is 7.71. The molecule has 128 valence electrons. The van der Waals surface area contributed by atoms with Gasteiger partial charge in [-0.1, -0.05) is 6.07 Å². The molecule has 2 aliphatic rings. The number of piperidine rings is 1. The van der Waals surface area contributed by atoms with E-state index in [0.717, 1.165) is 52.1 Å². The summed E-state index contributed by atoms with van der Waals surface area (Å²) in [7, 11) is 0. The molecule has 0 aliphatic carbocycles. The zero-order valence-corrected chi connectivity index (χ0v) is 14.6. The predicted octanol–water partition coefficient (Wildman–Crippen LogP) is 1.54.